The van der Waals surface area contributed by atoms with Crippen LogP contribution < -0.4 is 5.73 Å². The first-order valence-corrected chi connectivity index (χ1v) is 5.30. The van der Waals surface area contributed by atoms with Gasteiger partial charge in [0.2, 0.25) is 0 Å². The lowest BCUT2D eigenvalue weighted by molar-refractivity contribution is 0.524. The Balaban J connectivity index is 2.60. The third-order valence-electron chi connectivity index (χ3n) is 2.51. The summed E-state index contributed by atoms with van der Waals surface area (Å²) < 4.78 is 2.23. The van der Waals surface area contributed by atoms with Crippen molar-refractivity contribution in [1.29, 1.82) is 0 Å². The zero-order valence-corrected chi connectivity index (χ0v) is 9.49. The Bertz CT molecular complexity index is 483. The molecule has 0 unspecified atom stereocenters. The fourth-order valence-corrected chi connectivity index (χ4v) is 1.86. The van der Waals surface area contributed by atoms with Crippen LogP contribution in [0.1, 0.15) is 19.7 Å². The molecule has 0 saturated carbocycles. The molecule has 0 bridgehead atoms. The Morgan fingerprint density at radius 3 is 2.80 bits per heavy atom. The first kappa shape index (κ1) is 10.0. The number of imidazole rings is 1. The van der Waals surface area contributed by atoms with Crippen molar-refractivity contribution in [2.45, 2.75) is 27.3 Å². The molecule has 0 spiro atoms. The molecule has 1 heterocycles. The van der Waals surface area contributed by atoms with Crippen LogP contribution in [0.3, 0.4) is 0 Å². The summed E-state index contributed by atoms with van der Waals surface area (Å²) in [6, 6.07) is 5.88. The average molecular weight is 203 g/mol. The van der Waals surface area contributed by atoms with Gasteiger partial charge in [-0.1, -0.05) is 13.8 Å². The molecule has 0 aliphatic heterocycles. The molecule has 3 heteroatoms. The molecule has 2 rings (SSSR count). The van der Waals surface area contributed by atoms with Crippen molar-refractivity contribution in [3.63, 3.8) is 0 Å². The summed E-state index contributed by atoms with van der Waals surface area (Å²) >= 11 is 0. The minimum Gasteiger partial charge on any atom is -0.399 e. The second kappa shape index (κ2) is 3.57. The van der Waals surface area contributed by atoms with Gasteiger partial charge in [-0.15, -0.1) is 0 Å². The molecule has 0 fully saturated rings. The smallest absolute Gasteiger partial charge is 0.106 e. The molecular weight excluding hydrogens is 186 g/mol. The number of anilines is 1. The Morgan fingerprint density at radius 1 is 1.40 bits per heavy atom. The summed E-state index contributed by atoms with van der Waals surface area (Å²) in [5.41, 5.74) is 8.76. The average Bonchev–Trinajstić information content (AvgIpc) is 2.43. The largest absolute Gasteiger partial charge is 0.399 e. The van der Waals surface area contributed by atoms with E-state index in [0.717, 1.165) is 29.1 Å². The van der Waals surface area contributed by atoms with Crippen molar-refractivity contribution in [1.82, 2.24) is 9.55 Å². The first-order chi connectivity index (χ1) is 7.08. The van der Waals surface area contributed by atoms with Gasteiger partial charge in [-0.05, 0) is 31.0 Å². The van der Waals surface area contributed by atoms with Gasteiger partial charge in [0.05, 0.1) is 11.0 Å². The van der Waals surface area contributed by atoms with E-state index in [2.05, 4.69) is 23.4 Å². The molecule has 2 N–H and O–H groups in total. The molecule has 1 aromatic heterocycles. The van der Waals surface area contributed by atoms with Gasteiger partial charge >= 0.3 is 0 Å². The number of rotatable bonds is 2. The summed E-state index contributed by atoms with van der Waals surface area (Å²) in [5.74, 6) is 1.67. The minimum absolute atomic E-state index is 0.613. The Morgan fingerprint density at radius 2 is 2.13 bits per heavy atom. The predicted octanol–water partition coefficient (Wildman–Crippen LogP) is 2.58. The second-order valence-electron chi connectivity index (χ2n) is 4.41. The number of nitrogens with two attached hydrogens (primary N) is 1. The van der Waals surface area contributed by atoms with Crippen molar-refractivity contribution < 1.29 is 0 Å². The van der Waals surface area contributed by atoms with Crippen molar-refractivity contribution in [2.24, 2.45) is 5.92 Å². The molecule has 80 valence electrons. The lowest BCUT2D eigenvalue weighted by Gasteiger charge is -2.09. The van der Waals surface area contributed by atoms with Crippen LogP contribution in [-0.2, 0) is 6.54 Å². The van der Waals surface area contributed by atoms with Crippen LogP contribution in [0.15, 0.2) is 18.2 Å². The van der Waals surface area contributed by atoms with E-state index in [4.69, 9.17) is 5.73 Å². The zero-order valence-electron chi connectivity index (χ0n) is 9.49. The predicted molar refractivity (Wildman–Crippen MR) is 63.7 cm³/mol. The van der Waals surface area contributed by atoms with Crippen molar-refractivity contribution >= 4 is 16.7 Å². The van der Waals surface area contributed by atoms with Crippen LogP contribution in [0.2, 0.25) is 0 Å². The van der Waals surface area contributed by atoms with Gasteiger partial charge in [0.15, 0.2) is 0 Å². The fraction of sp³-hybridized carbons (Fsp3) is 0.417. The summed E-state index contributed by atoms with van der Waals surface area (Å²) in [5, 5.41) is 0. The summed E-state index contributed by atoms with van der Waals surface area (Å²) in [4.78, 5) is 4.51. The van der Waals surface area contributed by atoms with E-state index < -0.39 is 0 Å². The highest BCUT2D eigenvalue weighted by Gasteiger charge is 2.08. The topological polar surface area (TPSA) is 43.8 Å². The van der Waals surface area contributed by atoms with E-state index in [9.17, 15) is 0 Å². The maximum atomic E-state index is 5.79. The second-order valence-corrected chi connectivity index (χ2v) is 4.41. The molecule has 0 aliphatic carbocycles. The number of aryl methyl sites for hydroxylation is 1. The van der Waals surface area contributed by atoms with Crippen LogP contribution in [-0.4, -0.2) is 9.55 Å². The van der Waals surface area contributed by atoms with Gasteiger partial charge < -0.3 is 10.3 Å². The highest BCUT2D eigenvalue weighted by atomic mass is 15.1. The quantitative estimate of drug-likeness (QED) is 0.762. The Kier molecular flexibility index (Phi) is 2.39. The number of hydrogen-bond donors (Lipinski definition) is 1. The SMILES string of the molecule is Cc1nc2ccc(N)cc2n1CC(C)C. The van der Waals surface area contributed by atoms with Gasteiger partial charge in [0.1, 0.15) is 5.82 Å². The molecule has 0 saturated heterocycles. The van der Waals surface area contributed by atoms with Crippen LogP contribution in [0, 0.1) is 12.8 Å². The molecule has 2 aromatic rings. The summed E-state index contributed by atoms with van der Waals surface area (Å²) in [7, 11) is 0. The zero-order chi connectivity index (χ0) is 11.0. The van der Waals surface area contributed by atoms with E-state index in [1.54, 1.807) is 0 Å². The Hall–Kier alpha value is -1.51. The minimum atomic E-state index is 0.613. The number of nitrogen functional groups attached to an aromatic ring is 1. The van der Waals surface area contributed by atoms with Gasteiger partial charge in [0.25, 0.3) is 0 Å². The van der Waals surface area contributed by atoms with Gasteiger partial charge in [-0.2, -0.15) is 0 Å². The van der Waals surface area contributed by atoms with E-state index >= 15 is 0 Å². The maximum absolute atomic E-state index is 5.79. The molecule has 0 amide bonds. The van der Waals surface area contributed by atoms with Crippen LogP contribution in [0.4, 0.5) is 5.69 Å². The van der Waals surface area contributed by atoms with Crippen LogP contribution >= 0.6 is 0 Å². The first-order valence-electron chi connectivity index (χ1n) is 5.30. The highest BCUT2D eigenvalue weighted by molar-refractivity contribution is 5.79. The standard InChI is InChI=1S/C12H17N3/c1-8(2)7-15-9(3)14-11-5-4-10(13)6-12(11)15/h4-6,8H,7,13H2,1-3H3. The van der Waals surface area contributed by atoms with Crippen molar-refractivity contribution in [3.8, 4) is 0 Å². The number of nitrogens with zero attached hydrogens (tertiary/aromatic N) is 2. The van der Waals surface area contributed by atoms with Crippen LogP contribution in [0.5, 0.6) is 0 Å². The third kappa shape index (κ3) is 1.82. The summed E-state index contributed by atoms with van der Waals surface area (Å²) in [6.45, 7) is 7.44. The molecule has 0 radical (unpaired) electrons. The van der Waals surface area contributed by atoms with Gasteiger partial charge in [-0.25, -0.2) is 4.98 Å². The molecular formula is C12H17N3. The number of aromatic nitrogens is 2. The maximum Gasteiger partial charge on any atom is 0.106 e. The fourth-order valence-electron chi connectivity index (χ4n) is 1.86. The highest BCUT2D eigenvalue weighted by Crippen LogP contribution is 2.19. The molecule has 0 atom stereocenters. The molecule has 3 nitrogen and oxygen atoms in total. The van der Waals surface area contributed by atoms with Gasteiger partial charge in [0, 0.05) is 12.2 Å². The lowest BCUT2D eigenvalue weighted by Crippen LogP contribution is -2.06. The van der Waals surface area contributed by atoms with Crippen LogP contribution in [0.25, 0.3) is 11.0 Å². The summed E-state index contributed by atoms with van der Waals surface area (Å²) in [6.07, 6.45) is 0. The number of benzene rings is 1. The van der Waals surface area contributed by atoms with Gasteiger partial charge in [-0.3, -0.25) is 0 Å². The van der Waals surface area contributed by atoms with E-state index in [0.29, 0.717) is 5.92 Å². The monoisotopic (exact) mass is 203 g/mol. The molecule has 0 aliphatic rings. The van der Waals surface area contributed by atoms with Crippen molar-refractivity contribution in [3.05, 3.63) is 24.0 Å². The normalized spacial score (nSPS) is 11.5. The molecule has 15 heavy (non-hydrogen) atoms. The number of fused-ring (bicyclic) bond motifs is 1. The Labute approximate surface area is 89.9 Å². The van der Waals surface area contributed by atoms with E-state index in [1.807, 2.05) is 25.1 Å². The lowest BCUT2D eigenvalue weighted by atomic mass is 10.2. The van der Waals surface area contributed by atoms with E-state index in [1.165, 1.54) is 0 Å². The van der Waals surface area contributed by atoms with E-state index in [-0.39, 0.29) is 0 Å². The molecule has 1 aromatic carbocycles. The number of hydrogen-bond acceptors (Lipinski definition) is 2. The van der Waals surface area contributed by atoms with Crippen molar-refractivity contribution in [2.75, 3.05) is 5.73 Å². The third-order valence-corrected chi connectivity index (χ3v) is 2.51.